The molecule has 0 N–H and O–H groups in total. The number of hydrogen-bond donors (Lipinski definition) is 0. The molecule has 4 nitrogen and oxygen atoms in total. The van der Waals surface area contributed by atoms with Gasteiger partial charge < -0.3 is 9.26 Å². The summed E-state index contributed by atoms with van der Waals surface area (Å²) >= 11 is 0. The maximum Gasteiger partial charge on any atom is 0.203 e. The Bertz CT molecular complexity index is 597. The molecule has 0 bridgehead atoms. The third-order valence-corrected chi connectivity index (χ3v) is 3.12. The van der Waals surface area contributed by atoms with Crippen LogP contribution in [0.3, 0.4) is 0 Å². The quantitative estimate of drug-likeness (QED) is 0.833. The van der Waals surface area contributed by atoms with Crippen molar-refractivity contribution in [3.8, 4) is 0 Å². The van der Waals surface area contributed by atoms with Gasteiger partial charge in [-0.05, 0) is 12.1 Å². The van der Waals surface area contributed by atoms with Crippen LogP contribution in [0.25, 0.3) is 5.76 Å². The van der Waals surface area contributed by atoms with Gasteiger partial charge in [0, 0.05) is 17.2 Å². The molecule has 2 aromatic rings. The van der Waals surface area contributed by atoms with Crippen molar-refractivity contribution in [3.63, 3.8) is 0 Å². The topological polar surface area (TPSA) is 38.5 Å². The van der Waals surface area contributed by atoms with E-state index in [1.807, 2.05) is 35.2 Å². The van der Waals surface area contributed by atoms with E-state index in [2.05, 4.69) is 32.1 Å². The molecule has 2 heterocycles. The van der Waals surface area contributed by atoms with Gasteiger partial charge in [-0.3, -0.25) is 4.90 Å². The van der Waals surface area contributed by atoms with E-state index in [1.165, 1.54) is 0 Å². The number of hydrogen-bond acceptors (Lipinski definition) is 4. The summed E-state index contributed by atoms with van der Waals surface area (Å²) in [6.45, 7) is 6.41. The van der Waals surface area contributed by atoms with Gasteiger partial charge in [0.25, 0.3) is 0 Å². The molecular formula is C16H17N2O2. The second kappa shape index (κ2) is 4.71. The smallest absolute Gasteiger partial charge is 0.203 e. The van der Waals surface area contributed by atoms with Crippen LogP contribution in [-0.4, -0.2) is 11.4 Å². The average Bonchev–Trinajstić information content (AvgIpc) is 3.08. The third kappa shape index (κ3) is 2.29. The number of anilines is 1. The van der Waals surface area contributed by atoms with E-state index in [0.29, 0.717) is 11.5 Å². The molecule has 0 saturated carbocycles. The van der Waals surface area contributed by atoms with Crippen LogP contribution in [0.1, 0.15) is 26.5 Å². The van der Waals surface area contributed by atoms with Gasteiger partial charge in [-0.2, -0.15) is 0 Å². The summed E-state index contributed by atoms with van der Waals surface area (Å²) in [5.41, 5.74) is 0.979. The second-order valence-corrected chi connectivity index (χ2v) is 5.86. The maximum absolute atomic E-state index is 6.04. The van der Waals surface area contributed by atoms with Gasteiger partial charge in [0.15, 0.2) is 12.0 Å². The lowest BCUT2D eigenvalue weighted by Crippen LogP contribution is -2.39. The highest BCUT2D eigenvalue weighted by molar-refractivity contribution is 5.62. The first-order valence-electron chi connectivity index (χ1n) is 6.61. The Balaban J connectivity index is 1.99. The molecule has 0 amide bonds. The molecule has 3 rings (SSSR count). The summed E-state index contributed by atoms with van der Waals surface area (Å²) in [5.74, 6) is 1.18. The van der Waals surface area contributed by atoms with Gasteiger partial charge in [-0.25, -0.2) is 0 Å². The molecule has 20 heavy (non-hydrogen) atoms. The van der Waals surface area contributed by atoms with Crippen molar-refractivity contribution < 1.29 is 9.26 Å². The van der Waals surface area contributed by atoms with E-state index >= 15 is 0 Å². The van der Waals surface area contributed by atoms with Crippen LogP contribution < -0.4 is 4.90 Å². The Hall–Kier alpha value is -2.23. The first-order chi connectivity index (χ1) is 9.55. The molecule has 1 aliphatic rings. The average molecular weight is 269 g/mol. The highest BCUT2D eigenvalue weighted by Crippen LogP contribution is 2.38. The van der Waals surface area contributed by atoms with Crippen LogP contribution in [-0.2, 0) is 4.74 Å². The van der Waals surface area contributed by atoms with E-state index in [9.17, 15) is 0 Å². The van der Waals surface area contributed by atoms with E-state index in [1.54, 1.807) is 12.3 Å². The molecule has 1 atom stereocenters. The normalized spacial score (nSPS) is 18.9. The Morgan fingerprint density at radius 3 is 2.50 bits per heavy atom. The van der Waals surface area contributed by atoms with Crippen molar-refractivity contribution in [3.05, 3.63) is 54.6 Å². The van der Waals surface area contributed by atoms with E-state index in [0.717, 1.165) is 5.69 Å². The monoisotopic (exact) mass is 269 g/mol. The van der Waals surface area contributed by atoms with Gasteiger partial charge in [-0.1, -0.05) is 44.1 Å². The minimum Gasteiger partial charge on any atom is -0.463 e. The molecule has 1 aromatic heterocycles. The number of aromatic nitrogens is 1. The van der Waals surface area contributed by atoms with Crippen LogP contribution in [0.15, 0.2) is 47.1 Å². The lowest BCUT2D eigenvalue weighted by molar-refractivity contribution is 0.0780. The van der Waals surface area contributed by atoms with Gasteiger partial charge in [-0.15, -0.1) is 0 Å². The zero-order valence-corrected chi connectivity index (χ0v) is 11.8. The fourth-order valence-electron chi connectivity index (χ4n) is 2.16. The lowest BCUT2D eigenvalue weighted by Gasteiger charge is -2.34. The molecular weight excluding hydrogens is 252 g/mol. The summed E-state index contributed by atoms with van der Waals surface area (Å²) in [7, 11) is 0. The fourth-order valence-corrected chi connectivity index (χ4v) is 2.16. The van der Waals surface area contributed by atoms with E-state index in [4.69, 9.17) is 9.26 Å². The summed E-state index contributed by atoms with van der Waals surface area (Å²) in [6, 6.07) is 11.9. The van der Waals surface area contributed by atoms with Gasteiger partial charge >= 0.3 is 0 Å². The summed E-state index contributed by atoms with van der Waals surface area (Å²) in [6.07, 6.45) is 4.73. The SMILES string of the molecule is CC(C)(C)C1OC(c2ccno2)=[C]N1c1ccccc1. The van der Waals surface area contributed by atoms with Gasteiger partial charge in [0.1, 0.15) is 6.20 Å². The Morgan fingerprint density at radius 1 is 1.15 bits per heavy atom. The van der Waals surface area contributed by atoms with E-state index < -0.39 is 0 Å². The predicted molar refractivity (Wildman–Crippen MR) is 76.4 cm³/mol. The Morgan fingerprint density at radius 2 is 1.90 bits per heavy atom. The van der Waals surface area contributed by atoms with Crippen LogP contribution in [0, 0.1) is 11.6 Å². The van der Waals surface area contributed by atoms with Crippen molar-refractivity contribution in [2.45, 2.75) is 27.0 Å². The van der Waals surface area contributed by atoms with Crippen LogP contribution >= 0.6 is 0 Å². The Labute approximate surface area is 118 Å². The molecule has 4 heteroatoms. The first kappa shape index (κ1) is 12.8. The number of ether oxygens (including phenoxy) is 1. The summed E-state index contributed by atoms with van der Waals surface area (Å²) in [5, 5.41) is 3.72. The van der Waals surface area contributed by atoms with Gasteiger partial charge in [0.05, 0.1) is 6.20 Å². The van der Waals surface area contributed by atoms with Crippen molar-refractivity contribution in [2.24, 2.45) is 5.41 Å². The molecule has 1 unspecified atom stereocenters. The minimum absolute atomic E-state index is 0.0649. The van der Waals surface area contributed by atoms with Crippen molar-refractivity contribution >= 4 is 11.4 Å². The standard InChI is InChI=1S/C16H17N2O2/c1-16(2,3)15-18(12-7-5-4-6-8-12)11-14(19-15)13-9-10-17-20-13/h4-10,15H,1-3H3. The molecule has 1 radical (unpaired) electrons. The number of benzene rings is 1. The highest BCUT2D eigenvalue weighted by atomic mass is 16.5. The molecule has 0 saturated heterocycles. The van der Waals surface area contributed by atoms with Gasteiger partial charge in [0.2, 0.25) is 5.76 Å². The zero-order chi connectivity index (χ0) is 14.2. The largest absolute Gasteiger partial charge is 0.463 e. The molecule has 1 aromatic carbocycles. The zero-order valence-electron chi connectivity index (χ0n) is 11.8. The van der Waals surface area contributed by atoms with Crippen LogP contribution in [0.5, 0.6) is 0 Å². The summed E-state index contributed by atoms with van der Waals surface area (Å²) < 4.78 is 11.2. The van der Waals surface area contributed by atoms with Crippen LogP contribution in [0.4, 0.5) is 5.69 Å². The molecule has 1 aliphatic heterocycles. The molecule has 0 spiro atoms. The number of rotatable bonds is 2. The predicted octanol–water partition coefficient (Wildman–Crippen LogP) is 3.69. The van der Waals surface area contributed by atoms with Crippen molar-refractivity contribution in [2.75, 3.05) is 4.90 Å². The number of nitrogens with zero attached hydrogens (tertiary/aromatic N) is 2. The van der Waals surface area contributed by atoms with Crippen LogP contribution in [0.2, 0.25) is 0 Å². The summed E-state index contributed by atoms with van der Waals surface area (Å²) in [4.78, 5) is 2.01. The number of para-hydroxylation sites is 1. The molecule has 0 aliphatic carbocycles. The lowest BCUT2D eigenvalue weighted by atomic mass is 9.93. The first-order valence-corrected chi connectivity index (χ1v) is 6.61. The Kier molecular flexibility index (Phi) is 3.01. The fraction of sp³-hybridized carbons (Fsp3) is 0.312. The second-order valence-electron chi connectivity index (χ2n) is 5.86. The highest BCUT2D eigenvalue weighted by Gasteiger charge is 2.38. The maximum atomic E-state index is 6.04. The minimum atomic E-state index is -0.134. The van der Waals surface area contributed by atoms with Crippen molar-refractivity contribution in [1.29, 1.82) is 0 Å². The molecule has 103 valence electrons. The van der Waals surface area contributed by atoms with E-state index in [-0.39, 0.29) is 11.6 Å². The third-order valence-electron chi connectivity index (χ3n) is 3.12. The van der Waals surface area contributed by atoms with Crippen molar-refractivity contribution in [1.82, 2.24) is 5.16 Å². The molecule has 0 fully saturated rings.